The SMILES string of the molecule is CC(C)c1c(COC(N)=O)cn(Cc2ccncc2)c1Sc1cccc(Cl)c1. The number of carbonyl (C=O) groups is 1. The largest absolute Gasteiger partial charge is 0.445 e. The van der Waals surface area contributed by atoms with Crippen molar-refractivity contribution in [3.05, 3.63) is 76.7 Å². The van der Waals surface area contributed by atoms with Crippen molar-refractivity contribution in [2.24, 2.45) is 5.73 Å². The molecule has 1 amide bonds. The first-order chi connectivity index (χ1) is 13.4. The van der Waals surface area contributed by atoms with Crippen LogP contribution in [0.25, 0.3) is 0 Å². The number of primary amides is 1. The van der Waals surface area contributed by atoms with Crippen molar-refractivity contribution in [1.82, 2.24) is 9.55 Å². The number of amides is 1. The summed E-state index contributed by atoms with van der Waals surface area (Å²) in [6, 6.07) is 11.7. The maximum atomic E-state index is 11.1. The van der Waals surface area contributed by atoms with Gasteiger partial charge in [-0.1, -0.05) is 43.3 Å². The molecule has 0 atom stereocenters. The van der Waals surface area contributed by atoms with Gasteiger partial charge in [-0.05, 0) is 47.4 Å². The summed E-state index contributed by atoms with van der Waals surface area (Å²) in [4.78, 5) is 16.3. The quantitative estimate of drug-likeness (QED) is 0.556. The summed E-state index contributed by atoms with van der Waals surface area (Å²) in [5, 5.41) is 1.79. The van der Waals surface area contributed by atoms with E-state index in [1.807, 2.05) is 42.6 Å². The van der Waals surface area contributed by atoms with Gasteiger partial charge in [-0.3, -0.25) is 4.98 Å². The molecule has 1 aromatic carbocycles. The van der Waals surface area contributed by atoms with Crippen LogP contribution in [0.2, 0.25) is 5.02 Å². The number of hydrogen-bond donors (Lipinski definition) is 1. The molecule has 3 rings (SSSR count). The van der Waals surface area contributed by atoms with Gasteiger partial charge < -0.3 is 15.0 Å². The Hall–Kier alpha value is -2.44. The van der Waals surface area contributed by atoms with Crippen molar-refractivity contribution in [2.75, 3.05) is 0 Å². The zero-order chi connectivity index (χ0) is 20.1. The second kappa shape index (κ2) is 9.17. The third-order valence-electron chi connectivity index (χ3n) is 4.21. The summed E-state index contributed by atoms with van der Waals surface area (Å²) in [6.07, 6.45) is 4.82. The van der Waals surface area contributed by atoms with E-state index >= 15 is 0 Å². The molecular weight excluding hydrogens is 394 g/mol. The van der Waals surface area contributed by atoms with Gasteiger partial charge in [0.2, 0.25) is 0 Å². The molecule has 0 aliphatic rings. The molecule has 0 radical (unpaired) electrons. The first kappa shape index (κ1) is 20.3. The normalized spacial score (nSPS) is 11.0. The van der Waals surface area contributed by atoms with Gasteiger partial charge in [0, 0.05) is 40.6 Å². The zero-order valence-corrected chi connectivity index (χ0v) is 17.3. The average molecular weight is 416 g/mol. The van der Waals surface area contributed by atoms with Crippen LogP contribution in [0.3, 0.4) is 0 Å². The molecule has 2 aromatic heterocycles. The molecule has 2 N–H and O–H groups in total. The molecule has 0 saturated heterocycles. The molecule has 3 aromatic rings. The van der Waals surface area contributed by atoms with Crippen LogP contribution in [0.4, 0.5) is 4.79 Å². The van der Waals surface area contributed by atoms with Gasteiger partial charge in [0.25, 0.3) is 0 Å². The van der Waals surface area contributed by atoms with Crippen molar-refractivity contribution >= 4 is 29.5 Å². The van der Waals surface area contributed by atoms with Gasteiger partial charge in [0.15, 0.2) is 0 Å². The van der Waals surface area contributed by atoms with Crippen molar-refractivity contribution in [3.63, 3.8) is 0 Å². The van der Waals surface area contributed by atoms with E-state index in [1.165, 1.54) is 0 Å². The first-order valence-corrected chi connectivity index (χ1v) is 10.1. The number of aromatic nitrogens is 2. The maximum Gasteiger partial charge on any atom is 0.404 e. The molecule has 0 aliphatic heterocycles. The summed E-state index contributed by atoms with van der Waals surface area (Å²) < 4.78 is 7.27. The van der Waals surface area contributed by atoms with Gasteiger partial charge in [0.05, 0.1) is 5.03 Å². The predicted molar refractivity (Wildman–Crippen MR) is 112 cm³/mol. The summed E-state index contributed by atoms with van der Waals surface area (Å²) in [5.74, 6) is 0.242. The van der Waals surface area contributed by atoms with Gasteiger partial charge in [0.1, 0.15) is 6.61 Å². The van der Waals surface area contributed by atoms with E-state index in [4.69, 9.17) is 22.1 Å². The van der Waals surface area contributed by atoms with Crippen molar-refractivity contribution in [2.45, 2.75) is 42.8 Å². The number of benzene rings is 1. The summed E-state index contributed by atoms with van der Waals surface area (Å²) >= 11 is 7.82. The number of halogens is 1. The Morgan fingerprint density at radius 2 is 2.04 bits per heavy atom. The lowest BCUT2D eigenvalue weighted by atomic mass is 10.0. The van der Waals surface area contributed by atoms with Crippen LogP contribution in [0.1, 0.15) is 36.5 Å². The minimum absolute atomic E-state index is 0.148. The van der Waals surface area contributed by atoms with Gasteiger partial charge in [-0.15, -0.1) is 0 Å². The number of pyridine rings is 1. The number of nitrogens with two attached hydrogens (primary N) is 1. The number of hydrogen-bond acceptors (Lipinski definition) is 4. The molecule has 5 nitrogen and oxygen atoms in total. The summed E-state index contributed by atoms with van der Waals surface area (Å²) in [7, 11) is 0. The maximum absolute atomic E-state index is 11.1. The van der Waals surface area contributed by atoms with E-state index in [9.17, 15) is 4.79 Å². The van der Waals surface area contributed by atoms with E-state index in [0.29, 0.717) is 11.6 Å². The fourth-order valence-corrected chi connectivity index (χ4v) is 4.57. The molecule has 0 aliphatic carbocycles. The Balaban J connectivity index is 2.04. The predicted octanol–water partition coefficient (Wildman–Crippen LogP) is 5.45. The molecule has 0 fully saturated rings. The standard InChI is InChI=1S/C21H22ClN3O2S/c1-14(2)19-16(13-27-21(23)26)12-25(11-15-6-8-24-9-7-15)20(19)28-18-5-3-4-17(22)10-18/h3-10,12,14H,11,13H2,1-2H3,(H2,23,26). The highest BCUT2D eigenvalue weighted by Gasteiger charge is 2.20. The molecule has 0 saturated carbocycles. The highest BCUT2D eigenvalue weighted by atomic mass is 35.5. The molecule has 0 spiro atoms. The Labute approximate surface area is 173 Å². The van der Waals surface area contributed by atoms with E-state index in [1.54, 1.807) is 24.2 Å². The number of carbonyl (C=O) groups excluding carboxylic acids is 1. The van der Waals surface area contributed by atoms with E-state index in [2.05, 4.69) is 23.4 Å². The smallest absolute Gasteiger partial charge is 0.404 e. The minimum atomic E-state index is -0.777. The molecule has 0 bridgehead atoms. The zero-order valence-electron chi connectivity index (χ0n) is 15.8. The molecule has 7 heteroatoms. The molecular formula is C21H22ClN3O2S. The van der Waals surface area contributed by atoms with Crippen LogP contribution in [0.15, 0.2) is 64.9 Å². The van der Waals surface area contributed by atoms with Crippen LogP contribution >= 0.6 is 23.4 Å². The molecule has 28 heavy (non-hydrogen) atoms. The lowest BCUT2D eigenvalue weighted by molar-refractivity contribution is 0.150. The molecule has 146 valence electrons. The molecule has 2 heterocycles. The minimum Gasteiger partial charge on any atom is -0.445 e. The van der Waals surface area contributed by atoms with Crippen LogP contribution in [0, 0.1) is 0 Å². The average Bonchev–Trinajstić information content (AvgIpc) is 2.98. The Bertz CT molecular complexity index is 958. The lowest BCUT2D eigenvalue weighted by Crippen LogP contribution is -2.13. The van der Waals surface area contributed by atoms with Crippen molar-refractivity contribution in [3.8, 4) is 0 Å². The lowest BCUT2D eigenvalue weighted by Gasteiger charge is -2.14. The van der Waals surface area contributed by atoms with Crippen LogP contribution in [-0.4, -0.2) is 15.6 Å². The second-order valence-electron chi connectivity index (χ2n) is 6.68. The van der Waals surface area contributed by atoms with Crippen molar-refractivity contribution in [1.29, 1.82) is 0 Å². The Morgan fingerprint density at radius 3 is 2.68 bits per heavy atom. The van der Waals surface area contributed by atoms with Crippen LogP contribution in [0.5, 0.6) is 0 Å². The number of rotatable bonds is 7. The van der Waals surface area contributed by atoms with E-state index in [-0.39, 0.29) is 12.5 Å². The number of ether oxygens (including phenoxy) is 1. The van der Waals surface area contributed by atoms with Crippen LogP contribution < -0.4 is 5.73 Å². The van der Waals surface area contributed by atoms with Gasteiger partial charge >= 0.3 is 6.09 Å². The number of nitrogens with zero attached hydrogens (tertiary/aromatic N) is 2. The summed E-state index contributed by atoms with van der Waals surface area (Å²) in [5.41, 5.74) is 8.41. The first-order valence-electron chi connectivity index (χ1n) is 8.90. The highest BCUT2D eigenvalue weighted by Crippen LogP contribution is 2.38. The van der Waals surface area contributed by atoms with Crippen molar-refractivity contribution < 1.29 is 9.53 Å². The fourth-order valence-electron chi connectivity index (χ4n) is 3.05. The highest BCUT2D eigenvalue weighted by molar-refractivity contribution is 7.99. The topological polar surface area (TPSA) is 70.1 Å². The third-order valence-corrected chi connectivity index (χ3v) is 5.58. The van der Waals surface area contributed by atoms with Gasteiger partial charge in [-0.25, -0.2) is 4.79 Å². The van der Waals surface area contributed by atoms with E-state index < -0.39 is 6.09 Å². The fraction of sp³-hybridized carbons (Fsp3) is 0.238. The summed E-state index contributed by atoms with van der Waals surface area (Å²) in [6.45, 7) is 5.08. The monoisotopic (exact) mass is 415 g/mol. The molecule has 0 unspecified atom stereocenters. The second-order valence-corrected chi connectivity index (χ2v) is 8.18. The van der Waals surface area contributed by atoms with Gasteiger partial charge in [-0.2, -0.15) is 0 Å². The third kappa shape index (κ3) is 5.09. The Kier molecular flexibility index (Phi) is 6.65. The van der Waals surface area contributed by atoms with E-state index in [0.717, 1.165) is 26.6 Å². The Morgan fingerprint density at radius 1 is 1.29 bits per heavy atom. The van der Waals surface area contributed by atoms with Crippen LogP contribution in [-0.2, 0) is 17.9 Å².